The van der Waals surface area contributed by atoms with Crippen LogP contribution < -0.4 is 10.5 Å². The Morgan fingerprint density at radius 3 is 2.58 bits per heavy atom. The van der Waals surface area contributed by atoms with Crippen LogP contribution in [0.25, 0.3) is 0 Å². The lowest BCUT2D eigenvalue weighted by atomic mass is 10.3. The van der Waals surface area contributed by atoms with Gasteiger partial charge in [-0.3, -0.25) is 0 Å². The number of nitrogens with zero attached hydrogens (tertiary/aromatic N) is 2. The first kappa shape index (κ1) is 14.0. The molecule has 6 nitrogen and oxygen atoms in total. The summed E-state index contributed by atoms with van der Waals surface area (Å²) in [5.74, 6) is 2.35. The molecule has 1 aliphatic carbocycles. The molecule has 0 aliphatic heterocycles. The van der Waals surface area contributed by atoms with Gasteiger partial charge in [0.15, 0.2) is 0 Å². The van der Waals surface area contributed by atoms with Crippen LogP contribution in [0.1, 0.15) is 30.1 Å². The molecule has 0 aromatic carbocycles. The van der Waals surface area contributed by atoms with Crippen molar-refractivity contribution in [1.82, 2.24) is 9.97 Å². The molecule has 0 unspecified atom stereocenters. The second kappa shape index (κ2) is 6.68. The molecule has 1 aromatic heterocycles. The van der Waals surface area contributed by atoms with Crippen molar-refractivity contribution in [3.8, 4) is 5.88 Å². The van der Waals surface area contributed by atoms with E-state index < -0.39 is 0 Å². The molecule has 1 aromatic rings. The summed E-state index contributed by atoms with van der Waals surface area (Å²) in [7, 11) is 1.65. The lowest BCUT2D eigenvalue weighted by molar-refractivity contribution is 0.0535. The van der Waals surface area contributed by atoms with Crippen LogP contribution in [0.4, 0.5) is 5.82 Å². The summed E-state index contributed by atoms with van der Waals surface area (Å²) in [4.78, 5) is 8.74. The Hall–Kier alpha value is -1.40. The SMILES string of the molecule is COCCOCCOc1nc(C2CC2)nc(N)c1C. The minimum atomic E-state index is 0.450. The van der Waals surface area contributed by atoms with E-state index in [-0.39, 0.29) is 0 Å². The highest BCUT2D eigenvalue weighted by Gasteiger charge is 2.28. The molecule has 1 aliphatic rings. The predicted molar refractivity (Wildman–Crippen MR) is 71.3 cm³/mol. The predicted octanol–water partition coefficient (Wildman–Crippen LogP) is 1.29. The molecule has 2 rings (SSSR count). The number of aromatic nitrogens is 2. The molecular formula is C13H21N3O3. The van der Waals surface area contributed by atoms with Crippen LogP contribution >= 0.6 is 0 Å². The van der Waals surface area contributed by atoms with Crippen LogP contribution in [-0.4, -0.2) is 43.5 Å². The minimum Gasteiger partial charge on any atom is -0.475 e. The van der Waals surface area contributed by atoms with Gasteiger partial charge in [-0.25, -0.2) is 4.98 Å². The van der Waals surface area contributed by atoms with Crippen molar-refractivity contribution in [3.05, 3.63) is 11.4 Å². The lowest BCUT2D eigenvalue weighted by Gasteiger charge is -2.11. The molecule has 0 atom stereocenters. The topological polar surface area (TPSA) is 79.5 Å². The van der Waals surface area contributed by atoms with E-state index in [1.54, 1.807) is 7.11 Å². The Balaban J connectivity index is 1.84. The number of hydrogen-bond acceptors (Lipinski definition) is 6. The van der Waals surface area contributed by atoms with Crippen LogP contribution in [0.2, 0.25) is 0 Å². The summed E-state index contributed by atoms with van der Waals surface area (Å²) >= 11 is 0. The summed E-state index contributed by atoms with van der Waals surface area (Å²) in [6.07, 6.45) is 2.28. The maximum absolute atomic E-state index is 5.88. The third-order valence-corrected chi connectivity index (χ3v) is 3.00. The van der Waals surface area contributed by atoms with Gasteiger partial charge in [0.25, 0.3) is 0 Å². The summed E-state index contributed by atoms with van der Waals surface area (Å²) in [5.41, 5.74) is 6.67. The van der Waals surface area contributed by atoms with Gasteiger partial charge < -0.3 is 19.9 Å². The van der Waals surface area contributed by atoms with E-state index >= 15 is 0 Å². The fraction of sp³-hybridized carbons (Fsp3) is 0.692. The van der Waals surface area contributed by atoms with E-state index in [2.05, 4.69) is 9.97 Å². The normalized spacial score (nSPS) is 14.6. The van der Waals surface area contributed by atoms with E-state index in [1.807, 2.05) is 6.92 Å². The maximum atomic E-state index is 5.88. The van der Waals surface area contributed by atoms with E-state index in [0.29, 0.717) is 44.0 Å². The minimum absolute atomic E-state index is 0.450. The number of anilines is 1. The Morgan fingerprint density at radius 2 is 1.89 bits per heavy atom. The number of nitrogens with two attached hydrogens (primary N) is 1. The van der Waals surface area contributed by atoms with Gasteiger partial charge in [0.05, 0.1) is 25.4 Å². The molecule has 0 bridgehead atoms. The first-order valence-corrected chi connectivity index (χ1v) is 6.56. The molecule has 2 N–H and O–H groups in total. The van der Waals surface area contributed by atoms with Crippen LogP contribution in [0.15, 0.2) is 0 Å². The second-order valence-electron chi connectivity index (χ2n) is 4.63. The Labute approximate surface area is 113 Å². The highest BCUT2D eigenvalue weighted by atomic mass is 16.5. The van der Waals surface area contributed by atoms with Gasteiger partial charge in [-0.15, -0.1) is 0 Å². The number of methoxy groups -OCH3 is 1. The Bertz CT molecular complexity index is 422. The van der Waals surface area contributed by atoms with Gasteiger partial charge in [-0.2, -0.15) is 4.98 Å². The first-order chi connectivity index (χ1) is 9.22. The second-order valence-corrected chi connectivity index (χ2v) is 4.63. The van der Waals surface area contributed by atoms with Gasteiger partial charge in [0.1, 0.15) is 18.2 Å². The number of rotatable bonds is 8. The van der Waals surface area contributed by atoms with E-state index in [0.717, 1.165) is 24.2 Å². The van der Waals surface area contributed by atoms with Crippen molar-refractivity contribution in [2.45, 2.75) is 25.7 Å². The van der Waals surface area contributed by atoms with Gasteiger partial charge in [-0.1, -0.05) is 0 Å². The standard InChI is InChI=1S/C13H21N3O3/c1-9-11(14)15-12(10-3-4-10)16-13(9)19-8-7-18-6-5-17-2/h10H,3-8H2,1-2H3,(H2,14,15,16). The van der Waals surface area contributed by atoms with E-state index in [1.165, 1.54) is 0 Å². The first-order valence-electron chi connectivity index (χ1n) is 6.56. The average Bonchev–Trinajstić information content (AvgIpc) is 3.22. The van der Waals surface area contributed by atoms with Crippen molar-refractivity contribution in [3.63, 3.8) is 0 Å². The zero-order chi connectivity index (χ0) is 13.7. The largest absolute Gasteiger partial charge is 0.475 e. The fourth-order valence-electron chi connectivity index (χ4n) is 1.64. The summed E-state index contributed by atoms with van der Waals surface area (Å²) in [5, 5.41) is 0. The summed E-state index contributed by atoms with van der Waals surface area (Å²) in [6, 6.07) is 0. The zero-order valence-electron chi connectivity index (χ0n) is 11.5. The number of nitrogen functional groups attached to an aromatic ring is 1. The molecule has 1 heterocycles. The number of ether oxygens (including phenoxy) is 3. The molecule has 1 fully saturated rings. The van der Waals surface area contributed by atoms with Gasteiger partial charge in [-0.05, 0) is 19.8 Å². The monoisotopic (exact) mass is 267 g/mol. The third kappa shape index (κ3) is 4.04. The lowest BCUT2D eigenvalue weighted by Crippen LogP contribution is -2.12. The van der Waals surface area contributed by atoms with Crippen LogP contribution in [0.3, 0.4) is 0 Å². The molecule has 0 amide bonds. The third-order valence-electron chi connectivity index (χ3n) is 3.00. The van der Waals surface area contributed by atoms with Crippen LogP contribution in [0, 0.1) is 6.92 Å². The summed E-state index contributed by atoms with van der Waals surface area (Å²) < 4.78 is 15.8. The average molecular weight is 267 g/mol. The highest BCUT2D eigenvalue weighted by molar-refractivity contribution is 5.45. The zero-order valence-corrected chi connectivity index (χ0v) is 11.5. The Kier molecular flexibility index (Phi) is 4.93. The molecular weight excluding hydrogens is 246 g/mol. The maximum Gasteiger partial charge on any atom is 0.221 e. The Morgan fingerprint density at radius 1 is 1.16 bits per heavy atom. The quantitative estimate of drug-likeness (QED) is 0.715. The van der Waals surface area contributed by atoms with Crippen molar-refractivity contribution >= 4 is 5.82 Å². The van der Waals surface area contributed by atoms with E-state index in [4.69, 9.17) is 19.9 Å². The molecule has 0 radical (unpaired) electrons. The molecule has 6 heteroatoms. The van der Waals surface area contributed by atoms with Crippen molar-refractivity contribution < 1.29 is 14.2 Å². The van der Waals surface area contributed by atoms with Crippen molar-refractivity contribution in [2.24, 2.45) is 0 Å². The van der Waals surface area contributed by atoms with Gasteiger partial charge in [0.2, 0.25) is 5.88 Å². The molecule has 1 saturated carbocycles. The fourth-order valence-corrected chi connectivity index (χ4v) is 1.64. The van der Waals surface area contributed by atoms with Crippen molar-refractivity contribution in [2.75, 3.05) is 39.3 Å². The van der Waals surface area contributed by atoms with Crippen molar-refractivity contribution in [1.29, 1.82) is 0 Å². The highest BCUT2D eigenvalue weighted by Crippen LogP contribution is 2.39. The molecule has 19 heavy (non-hydrogen) atoms. The van der Waals surface area contributed by atoms with Crippen LogP contribution in [0.5, 0.6) is 5.88 Å². The van der Waals surface area contributed by atoms with Gasteiger partial charge in [0, 0.05) is 13.0 Å². The number of hydrogen-bond donors (Lipinski definition) is 1. The molecule has 106 valence electrons. The molecule has 0 saturated heterocycles. The van der Waals surface area contributed by atoms with Gasteiger partial charge >= 0.3 is 0 Å². The van der Waals surface area contributed by atoms with Crippen LogP contribution in [-0.2, 0) is 9.47 Å². The summed E-state index contributed by atoms with van der Waals surface area (Å²) in [6.45, 7) is 3.98. The van der Waals surface area contributed by atoms with E-state index in [9.17, 15) is 0 Å². The molecule has 0 spiro atoms. The smallest absolute Gasteiger partial charge is 0.221 e.